The summed E-state index contributed by atoms with van der Waals surface area (Å²) < 4.78 is 6.55. The average Bonchev–Trinajstić information content (AvgIpc) is 3.18. The number of fused-ring (bicyclic) bond motifs is 1. The summed E-state index contributed by atoms with van der Waals surface area (Å²) in [6.45, 7) is 12.1. The molecule has 154 valence electrons. The van der Waals surface area contributed by atoms with Crippen molar-refractivity contribution in [3.05, 3.63) is 53.1 Å². The van der Waals surface area contributed by atoms with E-state index in [4.69, 9.17) is 9.72 Å². The Morgan fingerprint density at radius 1 is 1.14 bits per heavy atom. The van der Waals surface area contributed by atoms with Gasteiger partial charge in [-0.25, -0.2) is 4.98 Å². The van der Waals surface area contributed by atoms with E-state index in [9.17, 15) is 4.79 Å². The molecule has 0 fully saturated rings. The van der Waals surface area contributed by atoms with Crippen LogP contribution in [0.2, 0.25) is 0 Å². The zero-order chi connectivity index (χ0) is 21.0. The standard InChI is InChI=1S/C23H29N3O2S/c1-6-25(7-2)14-15-26(22(27)18-10-8-9-11-19(18)28-5)23-24-21-17(4)16(3)12-13-20(21)29-23/h8-13H,6-7,14-15H2,1-5H3/p+1. The molecular formula is C23H30N3O2S+. The number of methoxy groups -OCH3 is 1. The second-order valence-corrected chi connectivity index (χ2v) is 8.22. The Bertz CT molecular complexity index is 995. The number of ether oxygens (including phenoxy) is 1. The van der Waals surface area contributed by atoms with Crippen LogP contribution in [0.15, 0.2) is 36.4 Å². The van der Waals surface area contributed by atoms with Gasteiger partial charge in [0, 0.05) is 0 Å². The summed E-state index contributed by atoms with van der Waals surface area (Å²) >= 11 is 1.58. The molecule has 1 amide bonds. The summed E-state index contributed by atoms with van der Waals surface area (Å²) in [4.78, 5) is 21.7. The molecule has 0 spiro atoms. The topological polar surface area (TPSA) is 46.9 Å². The van der Waals surface area contributed by atoms with Gasteiger partial charge in [0.15, 0.2) is 5.13 Å². The van der Waals surface area contributed by atoms with Gasteiger partial charge >= 0.3 is 0 Å². The molecule has 0 saturated carbocycles. The first-order chi connectivity index (χ1) is 14.0. The SMILES string of the molecule is CC[NH+](CC)CCN(C(=O)c1ccccc1OC)c1nc2c(C)c(C)ccc2s1. The summed E-state index contributed by atoms with van der Waals surface area (Å²) in [7, 11) is 1.60. The first-order valence-electron chi connectivity index (χ1n) is 10.1. The van der Waals surface area contributed by atoms with Crippen molar-refractivity contribution in [2.45, 2.75) is 27.7 Å². The van der Waals surface area contributed by atoms with E-state index in [1.165, 1.54) is 16.0 Å². The van der Waals surface area contributed by atoms with E-state index >= 15 is 0 Å². The quantitative estimate of drug-likeness (QED) is 0.616. The fourth-order valence-electron chi connectivity index (χ4n) is 3.45. The van der Waals surface area contributed by atoms with Crippen LogP contribution in [0.3, 0.4) is 0 Å². The molecule has 3 aromatic rings. The van der Waals surface area contributed by atoms with Crippen LogP contribution in [0.1, 0.15) is 35.3 Å². The molecule has 6 heteroatoms. The van der Waals surface area contributed by atoms with E-state index in [0.29, 0.717) is 17.9 Å². The zero-order valence-corrected chi connectivity index (χ0v) is 18.7. The van der Waals surface area contributed by atoms with Crippen molar-refractivity contribution in [2.75, 3.05) is 38.2 Å². The Morgan fingerprint density at radius 2 is 1.86 bits per heavy atom. The lowest BCUT2D eigenvalue weighted by atomic mass is 10.1. The number of rotatable bonds is 8. The predicted molar refractivity (Wildman–Crippen MR) is 121 cm³/mol. The number of hydrogen-bond donors (Lipinski definition) is 1. The number of benzene rings is 2. The smallest absolute Gasteiger partial charge is 0.264 e. The third-order valence-electron chi connectivity index (χ3n) is 5.58. The van der Waals surface area contributed by atoms with Crippen molar-refractivity contribution in [2.24, 2.45) is 0 Å². The van der Waals surface area contributed by atoms with Gasteiger partial charge in [-0.2, -0.15) is 0 Å². The van der Waals surface area contributed by atoms with Crippen molar-refractivity contribution in [3.63, 3.8) is 0 Å². The zero-order valence-electron chi connectivity index (χ0n) is 17.9. The van der Waals surface area contributed by atoms with E-state index in [1.807, 2.05) is 29.2 Å². The minimum atomic E-state index is -0.0672. The number of anilines is 1. The van der Waals surface area contributed by atoms with Gasteiger partial charge in [0.25, 0.3) is 5.91 Å². The molecule has 3 rings (SSSR count). The monoisotopic (exact) mass is 412 g/mol. The van der Waals surface area contributed by atoms with Crippen LogP contribution >= 0.6 is 11.3 Å². The number of carbonyl (C=O) groups excluding carboxylic acids is 1. The van der Waals surface area contributed by atoms with E-state index in [1.54, 1.807) is 18.4 Å². The first-order valence-corrected chi connectivity index (χ1v) is 11.0. The number of hydrogen-bond acceptors (Lipinski definition) is 4. The van der Waals surface area contributed by atoms with Gasteiger partial charge in [-0.15, -0.1) is 0 Å². The molecule has 1 aromatic heterocycles. The molecule has 1 heterocycles. The maximum absolute atomic E-state index is 13.5. The number of carbonyl (C=O) groups is 1. The van der Waals surface area contributed by atoms with E-state index in [2.05, 4.69) is 39.8 Å². The minimum absolute atomic E-state index is 0.0672. The lowest BCUT2D eigenvalue weighted by molar-refractivity contribution is -0.894. The average molecular weight is 413 g/mol. The maximum Gasteiger partial charge on any atom is 0.264 e. The van der Waals surface area contributed by atoms with Crippen molar-refractivity contribution in [1.29, 1.82) is 0 Å². The normalized spacial score (nSPS) is 11.2. The van der Waals surface area contributed by atoms with Crippen LogP contribution in [0.5, 0.6) is 5.75 Å². The number of aryl methyl sites for hydroxylation is 2. The maximum atomic E-state index is 13.5. The van der Waals surface area contributed by atoms with Crippen molar-refractivity contribution in [1.82, 2.24) is 4.98 Å². The predicted octanol–water partition coefficient (Wildman–Crippen LogP) is 3.49. The number of thiazole rings is 1. The second kappa shape index (κ2) is 9.37. The molecule has 0 aliphatic rings. The molecule has 0 aliphatic carbocycles. The Balaban J connectivity index is 2.03. The fraction of sp³-hybridized carbons (Fsp3) is 0.391. The van der Waals surface area contributed by atoms with Gasteiger partial charge in [-0.05, 0) is 57.0 Å². The molecule has 29 heavy (non-hydrogen) atoms. The Hall–Kier alpha value is -2.44. The number of nitrogens with one attached hydrogen (secondary N) is 1. The molecule has 1 N–H and O–H groups in total. The molecule has 0 radical (unpaired) electrons. The number of likely N-dealkylation sites (N-methyl/N-ethyl adjacent to an activating group) is 1. The Kier molecular flexibility index (Phi) is 6.87. The van der Waals surface area contributed by atoms with Crippen molar-refractivity contribution < 1.29 is 14.4 Å². The summed E-state index contributed by atoms with van der Waals surface area (Å²) in [5.41, 5.74) is 3.93. The van der Waals surface area contributed by atoms with E-state index < -0.39 is 0 Å². The van der Waals surface area contributed by atoms with Crippen molar-refractivity contribution in [3.8, 4) is 5.75 Å². The van der Waals surface area contributed by atoms with Crippen molar-refractivity contribution >= 4 is 32.6 Å². The number of amides is 1. The van der Waals surface area contributed by atoms with Gasteiger partial charge in [-0.1, -0.05) is 29.5 Å². The highest BCUT2D eigenvalue weighted by Crippen LogP contribution is 2.33. The van der Waals surface area contributed by atoms with Gasteiger partial charge in [0.1, 0.15) is 5.75 Å². The molecule has 2 aromatic carbocycles. The lowest BCUT2D eigenvalue weighted by Gasteiger charge is -2.23. The van der Waals surface area contributed by atoms with Gasteiger partial charge in [-0.3, -0.25) is 9.69 Å². The highest BCUT2D eigenvalue weighted by Gasteiger charge is 2.25. The van der Waals surface area contributed by atoms with Crippen LogP contribution in [-0.4, -0.2) is 44.2 Å². The fourth-order valence-corrected chi connectivity index (χ4v) is 4.50. The summed E-state index contributed by atoms with van der Waals surface area (Å²) in [5, 5.41) is 0.746. The first kappa shape index (κ1) is 21.3. The molecular weight excluding hydrogens is 382 g/mol. The van der Waals surface area contributed by atoms with Crippen LogP contribution < -0.4 is 14.5 Å². The van der Waals surface area contributed by atoms with Crippen LogP contribution in [0, 0.1) is 13.8 Å². The van der Waals surface area contributed by atoms with Gasteiger partial charge < -0.3 is 9.64 Å². The molecule has 0 unspecified atom stereocenters. The molecule has 0 atom stereocenters. The number of aromatic nitrogens is 1. The summed E-state index contributed by atoms with van der Waals surface area (Å²) in [6, 6.07) is 11.6. The highest BCUT2D eigenvalue weighted by molar-refractivity contribution is 7.22. The van der Waals surface area contributed by atoms with Gasteiger partial charge in [0.2, 0.25) is 0 Å². The third kappa shape index (κ3) is 4.43. The highest BCUT2D eigenvalue weighted by atomic mass is 32.1. The minimum Gasteiger partial charge on any atom is -0.496 e. The Morgan fingerprint density at radius 3 is 2.55 bits per heavy atom. The molecule has 5 nitrogen and oxygen atoms in total. The molecule has 0 bridgehead atoms. The number of quaternary nitrogens is 1. The second-order valence-electron chi connectivity index (χ2n) is 7.21. The summed E-state index contributed by atoms with van der Waals surface area (Å²) in [6.07, 6.45) is 0. The van der Waals surface area contributed by atoms with Crippen LogP contribution in [-0.2, 0) is 0 Å². The van der Waals surface area contributed by atoms with E-state index in [0.717, 1.165) is 35.0 Å². The molecule has 0 saturated heterocycles. The van der Waals surface area contributed by atoms with Crippen LogP contribution in [0.4, 0.5) is 5.13 Å². The van der Waals surface area contributed by atoms with Crippen LogP contribution in [0.25, 0.3) is 10.2 Å². The lowest BCUT2D eigenvalue weighted by Crippen LogP contribution is -3.12. The number of para-hydroxylation sites is 1. The summed E-state index contributed by atoms with van der Waals surface area (Å²) in [5.74, 6) is 0.522. The van der Waals surface area contributed by atoms with Gasteiger partial charge in [0.05, 0.1) is 49.1 Å². The van der Waals surface area contributed by atoms with E-state index in [-0.39, 0.29) is 5.91 Å². The molecule has 0 aliphatic heterocycles. The number of nitrogens with zero attached hydrogens (tertiary/aromatic N) is 2. The Labute approximate surface area is 176 Å². The third-order valence-corrected chi connectivity index (χ3v) is 6.62. The largest absolute Gasteiger partial charge is 0.496 e.